The van der Waals surface area contributed by atoms with Gasteiger partial charge < -0.3 is 15.4 Å². The minimum Gasteiger partial charge on any atom is -0.377 e. The number of nitrogens with one attached hydrogen (secondary N) is 2. The monoisotopic (exact) mass is 386 g/mol. The van der Waals surface area contributed by atoms with Crippen LogP contribution in [0.2, 0.25) is 0 Å². The van der Waals surface area contributed by atoms with Gasteiger partial charge in [0.1, 0.15) is 12.4 Å². The third-order valence-corrected chi connectivity index (χ3v) is 6.62. The molecule has 2 N–H and O–H groups in total. The van der Waals surface area contributed by atoms with E-state index in [9.17, 15) is 8.42 Å². The molecule has 0 radical (unpaired) electrons. The Morgan fingerprint density at radius 2 is 2.19 bits per heavy atom. The summed E-state index contributed by atoms with van der Waals surface area (Å²) in [5.74, 6) is 2.28. The fraction of sp³-hybridized carbons (Fsp3) is 0.812. The van der Waals surface area contributed by atoms with Crippen molar-refractivity contribution in [2.45, 2.75) is 57.6 Å². The summed E-state index contributed by atoms with van der Waals surface area (Å²) >= 11 is 0. The maximum Gasteiger partial charge on any atom is 0.191 e. The molecule has 1 aliphatic rings. The largest absolute Gasteiger partial charge is 0.377 e. The molecular weight excluding hydrogens is 356 g/mol. The van der Waals surface area contributed by atoms with Crippen LogP contribution in [0.3, 0.4) is 0 Å². The van der Waals surface area contributed by atoms with E-state index in [1.165, 1.54) is 6.26 Å². The van der Waals surface area contributed by atoms with Crippen LogP contribution in [0.15, 0.2) is 4.99 Å². The van der Waals surface area contributed by atoms with Crippen LogP contribution in [-0.2, 0) is 34.1 Å². The Kier molecular flexibility index (Phi) is 6.62. The Morgan fingerprint density at radius 3 is 2.81 bits per heavy atom. The first kappa shape index (κ1) is 20.6. The summed E-state index contributed by atoms with van der Waals surface area (Å²) in [6, 6.07) is 0.152. The normalized spacial score (nSPS) is 18.5. The minimum absolute atomic E-state index is 0.152. The molecule has 0 saturated carbocycles. The number of methoxy groups -OCH3 is 1. The summed E-state index contributed by atoms with van der Waals surface area (Å²) in [6.07, 6.45) is 2.97. The molecule has 2 rings (SSSR count). The summed E-state index contributed by atoms with van der Waals surface area (Å²) in [4.78, 5) is 8.96. The topological polar surface area (TPSA) is 110 Å². The van der Waals surface area contributed by atoms with Gasteiger partial charge in [0.2, 0.25) is 0 Å². The fourth-order valence-corrected chi connectivity index (χ4v) is 2.87. The average Bonchev–Trinajstić information content (AvgIpc) is 2.94. The first-order valence-corrected chi connectivity index (χ1v) is 10.7. The molecule has 1 aromatic rings. The number of fused-ring (bicyclic) bond motifs is 1. The molecule has 10 heteroatoms. The number of hydrogen-bond donors (Lipinski definition) is 2. The van der Waals surface area contributed by atoms with Gasteiger partial charge in [0.05, 0.1) is 17.8 Å². The number of rotatable bonds is 7. The molecule has 0 fully saturated rings. The van der Waals surface area contributed by atoms with Crippen molar-refractivity contribution in [1.29, 1.82) is 0 Å². The van der Waals surface area contributed by atoms with Crippen LogP contribution >= 0.6 is 0 Å². The summed E-state index contributed by atoms with van der Waals surface area (Å²) in [7, 11) is -1.56. The van der Waals surface area contributed by atoms with Gasteiger partial charge in [0.25, 0.3) is 0 Å². The summed E-state index contributed by atoms with van der Waals surface area (Å²) in [6.45, 7) is 7.34. The molecule has 1 atom stereocenters. The highest BCUT2D eigenvalue weighted by Gasteiger charge is 2.30. The van der Waals surface area contributed by atoms with E-state index in [0.717, 1.165) is 18.7 Å². The Balaban J connectivity index is 2.04. The SMILES string of the molecule is CCNC(=NCC(C)(C)S(C)(=O)=O)NC1CCc2nc(COC)nn2C1. The maximum absolute atomic E-state index is 11.9. The standard InChI is InChI=1S/C16H30N6O3S/c1-6-17-15(18-11-16(2,3)26(5,23)24)19-12-7-8-14-20-13(10-25-4)21-22(14)9-12/h12H,6-11H2,1-5H3,(H2,17,18,19). The van der Waals surface area contributed by atoms with Gasteiger partial charge >= 0.3 is 0 Å². The lowest BCUT2D eigenvalue weighted by atomic mass is 10.1. The third kappa shape index (κ3) is 5.16. The van der Waals surface area contributed by atoms with E-state index >= 15 is 0 Å². The van der Waals surface area contributed by atoms with Gasteiger partial charge in [-0.1, -0.05) is 0 Å². The van der Waals surface area contributed by atoms with Crippen LogP contribution in [0, 0.1) is 0 Å². The number of sulfone groups is 1. The van der Waals surface area contributed by atoms with Crippen LogP contribution in [0.5, 0.6) is 0 Å². The Labute approximate surface area is 155 Å². The van der Waals surface area contributed by atoms with Crippen molar-refractivity contribution >= 4 is 15.8 Å². The van der Waals surface area contributed by atoms with Crippen molar-refractivity contribution in [2.75, 3.05) is 26.5 Å². The Morgan fingerprint density at radius 1 is 1.46 bits per heavy atom. The van der Waals surface area contributed by atoms with Crippen LogP contribution < -0.4 is 10.6 Å². The molecule has 0 spiro atoms. The number of aryl methyl sites for hydroxylation is 1. The number of nitrogens with zero attached hydrogens (tertiary/aromatic N) is 4. The van der Waals surface area contributed by atoms with Crippen molar-refractivity contribution in [3.05, 3.63) is 11.6 Å². The smallest absolute Gasteiger partial charge is 0.191 e. The zero-order chi connectivity index (χ0) is 19.4. The predicted octanol–water partition coefficient (Wildman–Crippen LogP) is 0.118. The molecule has 0 amide bonds. The Bertz CT molecular complexity index is 741. The van der Waals surface area contributed by atoms with E-state index in [-0.39, 0.29) is 12.6 Å². The van der Waals surface area contributed by atoms with E-state index in [2.05, 4.69) is 25.7 Å². The first-order chi connectivity index (χ1) is 12.2. The molecule has 9 nitrogen and oxygen atoms in total. The van der Waals surface area contributed by atoms with Crippen molar-refractivity contribution in [3.63, 3.8) is 0 Å². The van der Waals surface area contributed by atoms with Crippen molar-refractivity contribution < 1.29 is 13.2 Å². The minimum atomic E-state index is -3.19. The number of guanidine groups is 1. The van der Waals surface area contributed by atoms with Gasteiger partial charge in [-0.05, 0) is 27.2 Å². The van der Waals surface area contributed by atoms with E-state index in [1.807, 2.05) is 11.6 Å². The molecule has 1 aromatic heterocycles. The van der Waals surface area contributed by atoms with Crippen molar-refractivity contribution in [1.82, 2.24) is 25.4 Å². The Hall–Kier alpha value is -1.68. The summed E-state index contributed by atoms with van der Waals surface area (Å²) in [5.41, 5.74) is 0. The zero-order valence-electron chi connectivity index (χ0n) is 16.2. The highest BCUT2D eigenvalue weighted by atomic mass is 32.2. The average molecular weight is 387 g/mol. The number of aromatic nitrogens is 3. The molecule has 148 valence electrons. The van der Waals surface area contributed by atoms with Gasteiger partial charge in [-0.2, -0.15) is 5.10 Å². The lowest BCUT2D eigenvalue weighted by molar-refractivity contribution is 0.177. The van der Waals surface area contributed by atoms with Gasteiger partial charge in [0, 0.05) is 32.4 Å². The van der Waals surface area contributed by atoms with Gasteiger partial charge in [-0.3, -0.25) is 4.99 Å². The molecule has 0 bridgehead atoms. The van der Waals surface area contributed by atoms with Gasteiger partial charge in [-0.25, -0.2) is 18.1 Å². The third-order valence-electron chi connectivity index (χ3n) is 4.48. The molecule has 0 saturated heterocycles. The van der Waals surface area contributed by atoms with E-state index in [0.29, 0.717) is 31.5 Å². The highest BCUT2D eigenvalue weighted by Crippen LogP contribution is 2.16. The second-order valence-electron chi connectivity index (χ2n) is 7.17. The lowest BCUT2D eigenvalue weighted by Gasteiger charge is -2.26. The maximum atomic E-state index is 11.9. The molecule has 0 aliphatic carbocycles. The number of aliphatic imine (C=N–C) groups is 1. The van der Waals surface area contributed by atoms with Gasteiger partial charge in [0.15, 0.2) is 21.6 Å². The van der Waals surface area contributed by atoms with Gasteiger partial charge in [-0.15, -0.1) is 0 Å². The zero-order valence-corrected chi connectivity index (χ0v) is 17.1. The number of hydrogen-bond acceptors (Lipinski definition) is 6. The van der Waals surface area contributed by atoms with Crippen LogP contribution in [0.4, 0.5) is 0 Å². The summed E-state index contributed by atoms with van der Waals surface area (Å²) < 4.78 is 29.8. The number of ether oxygens (including phenoxy) is 1. The lowest BCUT2D eigenvalue weighted by Crippen LogP contribution is -2.48. The van der Waals surface area contributed by atoms with Crippen LogP contribution in [0.25, 0.3) is 0 Å². The highest BCUT2D eigenvalue weighted by molar-refractivity contribution is 7.92. The predicted molar refractivity (Wildman–Crippen MR) is 101 cm³/mol. The first-order valence-electron chi connectivity index (χ1n) is 8.82. The molecule has 1 unspecified atom stereocenters. The summed E-state index contributed by atoms with van der Waals surface area (Å²) in [5, 5.41) is 11.0. The van der Waals surface area contributed by atoms with Crippen LogP contribution in [-0.4, -0.2) is 66.4 Å². The quantitative estimate of drug-likeness (QED) is 0.506. The van der Waals surface area contributed by atoms with Crippen LogP contribution in [0.1, 0.15) is 38.8 Å². The second kappa shape index (κ2) is 8.34. The fourth-order valence-electron chi connectivity index (χ4n) is 2.57. The molecule has 2 heterocycles. The van der Waals surface area contributed by atoms with Crippen molar-refractivity contribution in [2.24, 2.45) is 4.99 Å². The van der Waals surface area contributed by atoms with Crippen molar-refractivity contribution in [3.8, 4) is 0 Å². The van der Waals surface area contributed by atoms with E-state index < -0.39 is 14.6 Å². The molecule has 0 aromatic carbocycles. The molecule has 1 aliphatic heterocycles. The van der Waals surface area contributed by atoms with E-state index in [4.69, 9.17) is 4.74 Å². The molecule has 26 heavy (non-hydrogen) atoms. The van der Waals surface area contributed by atoms with E-state index in [1.54, 1.807) is 21.0 Å². The molecular formula is C16H30N6O3S. The second-order valence-corrected chi connectivity index (χ2v) is 9.82.